The van der Waals surface area contributed by atoms with Crippen LogP contribution in [0.25, 0.3) is 0 Å². The Hall–Kier alpha value is -1.10. The number of aliphatic hydroxyl groups excluding tert-OH is 1. The zero-order valence-corrected chi connectivity index (χ0v) is 12.4. The van der Waals surface area contributed by atoms with Crippen LogP contribution in [0, 0.1) is 0 Å². The molecule has 4 nitrogen and oxygen atoms in total. The van der Waals surface area contributed by atoms with E-state index in [0.717, 1.165) is 11.3 Å². The number of ether oxygens (including phenoxy) is 1. The van der Waals surface area contributed by atoms with E-state index < -0.39 is 11.7 Å². The topological polar surface area (TPSA) is 52.9 Å². The van der Waals surface area contributed by atoms with Crippen molar-refractivity contribution in [2.75, 3.05) is 31.7 Å². The summed E-state index contributed by atoms with van der Waals surface area (Å²) in [4.78, 5) is 2.04. The van der Waals surface area contributed by atoms with Gasteiger partial charge in [-0.15, -0.1) is 0 Å². The van der Waals surface area contributed by atoms with Crippen molar-refractivity contribution in [3.8, 4) is 0 Å². The van der Waals surface area contributed by atoms with E-state index >= 15 is 0 Å². The molecule has 2 rings (SSSR count). The molecule has 2 N–H and O–H groups in total. The summed E-state index contributed by atoms with van der Waals surface area (Å²) in [6.07, 6.45) is 1.55. The van der Waals surface area contributed by atoms with E-state index in [1.165, 1.54) is 0 Å². The quantitative estimate of drug-likeness (QED) is 0.867. The first-order valence-corrected chi connectivity index (χ1v) is 7.34. The van der Waals surface area contributed by atoms with Gasteiger partial charge in [-0.05, 0) is 12.5 Å². The van der Waals surface area contributed by atoms with E-state index in [4.69, 9.17) is 4.74 Å². The number of hydrogen-bond acceptors (Lipinski definition) is 4. The molecule has 0 bridgehead atoms. The second-order valence-electron chi connectivity index (χ2n) is 5.68. The Balaban J connectivity index is 2.14. The van der Waals surface area contributed by atoms with Crippen LogP contribution in [-0.2, 0) is 4.74 Å². The first-order valence-electron chi connectivity index (χ1n) is 7.34. The Morgan fingerprint density at radius 2 is 1.95 bits per heavy atom. The second-order valence-corrected chi connectivity index (χ2v) is 5.68. The Morgan fingerprint density at radius 3 is 2.60 bits per heavy atom. The summed E-state index contributed by atoms with van der Waals surface area (Å²) in [6, 6.07) is 7.85. The number of nitrogens with zero attached hydrogens (tertiary/aromatic N) is 1. The van der Waals surface area contributed by atoms with E-state index in [-0.39, 0.29) is 0 Å². The standard InChI is InChI=1S/C16H25NO3/c1-3-15(18)13-6-4-5-7-14(13)17(2)12-16(19)8-10-20-11-9-16/h4-7,15,18-19H,3,8-12H2,1-2H3/t15-/m1/s1. The van der Waals surface area contributed by atoms with Gasteiger partial charge < -0.3 is 19.8 Å². The van der Waals surface area contributed by atoms with Gasteiger partial charge in [-0.2, -0.15) is 0 Å². The Labute approximate surface area is 121 Å². The number of aliphatic hydroxyl groups is 2. The first-order chi connectivity index (χ1) is 9.56. The average Bonchev–Trinajstić information content (AvgIpc) is 2.46. The Kier molecular flexibility index (Phi) is 5.02. The molecular formula is C16H25NO3. The lowest BCUT2D eigenvalue weighted by Crippen LogP contribution is -2.46. The van der Waals surface area contributed by atoms with Gasteiger partial charge in [-0.25, -0.2) is 0 Å². The molecule has 112 valence electrons. The highest BCUT2D eigenvalue weighted by Crippen LogP contribution is 2.30. The molecule has 0 spiro atoms. The molecule has 1 aliphatic rings. The summed E-state index contributed by atoms with van der Waals surface area (Å²) in [5.41, 5.74) is 1.21. The lowest BCUT2D eigenvalue weighted by Gasteiger charge is -2.37. The molecule has 1 atom stereocenters. The van der Waals surface area contributed by atoms with Crippen molar-refractivity contribution in [3.05, 3.63) is 29.8 Å². The largest absolute Gasteiger partial charge is 0.388 e. The summed E-state index contributed by atoms with van der Waals surface area (Å²) in [6.45, 7) is 3.75. The van der Waals surface area contributed by atoms with Crippen molar-refractivity contribution in [2.24, 2.45) is 0 Å². The zero-order chi connectivity index (χ0) is 14.6. The molecule has 1 aromatic carbocycles. The molecule has 0 aliphatic carbocycles. The Bertz CT molecular complexity index is 429. The summed E-state index contributed by atoms with van der Waals surface area (Å²) in [5.74, 6) is 0. The van der Waals surface area contributed by atoms with Crippen LogP contribution in [0.15, 0.2) is 24.3 Å². The van der Waals surface area contributed by atoms with Crippen LogP contribution in [0.1, 0.15) is 37.9 Å². The molecular weight excluding hydrogens is 254 g/mol. The third kappa shape index (κ3) is 3.51. The number of anilines is 1. The van der Waals surface area contributed by atoms with Gasteiger partial charge in [-0.3, -0.25) is 0 Å². The van der Waals surface area contributed by atoms with Crippen molar-refractivity contribution >= 4 is 5.69 Å². The average molecular weight is 279 g/mol. The minimum absolute atomic E-state index is 0.460. The van der Waals surface area contributed by atoms with Gasteiger partial charge in [0, 0.05) is 50.9 Å². The van der Waals surface area contributed by atoms with E-state index in [1.807, 2.05) is 43.1 Å². The van der Waals surface area contributed by atoms with Crippen molar-refractivity contribution in [3.63, 3.8) is 0 Å². The van der Waals surface area contributed by atoms with Gasteiger partial charge in [0.25, 0.3) is 0 Å². The molecule has 1 fully saturated rings. The lowest BCUT2D eigenvalue weighted by molar-refractivity contribution is -0.0573. The fourth-order valence-corrected chi connectivity index (χ4v) is 2.77. The lowest BCUT2D eigenvalue weighted by atomic mass is 9.93. The van der Waals surface area contributed by atoms with Crippen LogP contribution in [0.3, 0.4) is 0 Å². The van der Waals surface area contributed by atoms with E-state index in [9.17, 15) is 10.2 Å². The number of rotatable bonds is 5. The van der Waals surface area contributed by atoms with Gasteiger partial charge >= 0.3 is 0 Å². The number of benzene rings is 1. The van der Waals surface area contributed by atoms with Crippen LogP contribution in [0.4, 0.5) is 5.69 Å². The molecule has 0 saturated carbocycles. The Morgan fingerprint density at radius 1 is 1.30 bits per heavy atom. The maximum atomic E-state index is 10.6. The predicted octanol–water partition coefficient (Wildman–Crippen LogP) is 2.11. The number of hydrogen-bond donors (Lipinski definition) is 2. The predicted molar refractivity (Wildman–Crippen MR) is 80.0 cm³/mol. The molecule has 1 heterocycles. The van der Waals surface area contributed by atoms with E-state index in [1.54, 1.807) is 0 Å². The van der Waals surface area contributed by atoms with Crippen molar-refractivity contribution in [1.29, 1.82) is 0 Å². The van der Waals surface area contributed by atoms with Crippen molar-refractivity contribution in [1.82, 2.24) is 0 Å². The normalized spacial score (nSPS) is 19.6. The third-order valence-electron chi connectivity index (χ3n) is 4.05. The summed E-state index contributed by atoms with van der Waals surface area (Å²) < 4.78 is 5.31. The minimum Gasteiger partial charge on any atom is -0.388 e. The maximum absolute atomic E-state index is 10.6. The molecule has 0 unspecified atom stereocenters. The zero-order valence-electron chi connectivity index (χ0n) is 12.4. The smallest absolute Gasteiger partial charge is 0.0865 e. The molecule has 0 radical (unpaired) electrons. The molecule has 1 aromatic rings. The number of likely N-dealkylation sites (N-methyl/N-ethyl adjacent to an activating group) is 1. The molecule has 20 heavy (non-hydrogen) atoms. The first kappa shape index (κ1) is 15.3. The third-order valence-corrected chi connectivity index (χ3v) is 4.05. The minimum atomic E-state index is -0.697. The van der Waals surface area contributed by atoms with E-state index in [0.29, 0.717) is 39.0 Å². The molecule has 0 amide bonds. The second kappa shape index (κ2) is 6.57. The summed E-state index contributed by atoms with van der Waals surface area (Å²) in [7, 11) is 1.97. The van der Waals surface area contributed by atoms with Crippen LogP contribution in [0.5, 0.6) is 0 Å². The SMILES string of the molecule is CC[C@@H](O)c1ccccc1N(C)CC1(O)CCOCC1. The van der Waals surface area contributed by atoms with Crippen LogP contribution in [0.2, 0.25) is 0 Å². The van der Waals surface area contributed by atoms with Gasteiger partial charge in [0.1, 0.15) is 0 Å². The van der Waals surface area contributed by atoms with Gasteiger partial charge in [0.2, 0.25) is 0 Å². The summed E-state index contributed by atoms with van der Waals surface area (Å²) in [5, 5.41) is 20.7. The van der Waals surface area contributed by atoms with Crippen molar-refractivity contribution < 1.29 is 14.9 Å². The van der Waals surface area contributed by atoms with Gasteiger partial charge in [0.15, 0.2) is 0 Å². The maximum Gasteiger partial charge on any atom is 0.0865 e. The summed E-state index contributed by atoms with van der Waals surface area (Å²) >= 11 is 0. The fourth-order valence-electron chi connectivity index (χ4n) is 2.77. The van der Waals surface area contributed by atoms with Crippen LogP contribution in [-0.4, -0.2) is 42.6 Å². The van der Waals surface area contributed by atoms with E-state index in [2.05, 4.69) is 0 Å². The van der Waals surface area contributed by atoms with Crippen LogP contribution < -0.4 is 4.90 Å². The highest BCUT2D eigenvalue weighted by molar-refractivity contribution is 5.54. The molecule has 1 saturated heterocycles. The molecule has 1 aliphatic heterocycles. The van der Waals surface area contributed by atoms with Crippen molar-refractivity contribution in [2.45, 2.75) is 37.9 Å². The molecule has 0 aromatic heterocycles. The van der Waals surface area contributed by atoms with Gasteiger partial charge in [0.05, 0.1) is 11.7 Å². The number of para-hydroxylation sites is 1. The van der Waals surface area contributed by atoms with Gasteiger partial charge in [-0.1, -0.05) is 25.1 Å². The van der Waals surface area contributed by atoms with Crippen LogP contribution >= 0.6 is 0 Å². The fraction of sp³-hybridized carbons (Fsp3) is 0.625. The molecule has 4 heteroatoms. The monoisotopic (exact) mass is 279 g/mol. The highest BCUT2D eigenvalue weighted by atomic mass is 16.5. The highest BCUT2D eigenvalue weighted by Gasteiger charge is 2.31.